The van der Waals surface area contributed by atoms with E-state index in [2.05, 4.69) is 50.6 Å². The standard InChI is InChI=1S/C21H27BrN4O/c1-16(17-9-5-4-6-10-17)25-21(23-2)24-14-13-20(27)26(3)15-18-11-7-8-12-19(18)22/h4-12,16H,13-15H2,1-3H3,(H2,23,24,25). The molecule has 0 aliphatic carbocycles. The Bertz CT molecular complexity index is 764. The normalized spacial score (nSPS) is 12.4. The van der Waals surface area contributed by atoms with Crippen molar-refractivity contribution in [2.24, 2.45) is 4.99 Å². The van der Waals surface area contributed by atoms with Gasteiger partial charge < -0.3 is 15.5 Å². The van der Waals surface area contributed by atoms with E-state index in [-0.39, 0.29) is 11.9 Å². The zero-order valence-electron chi connectivity index (χ0n) is 16.1. The SMILES string of the molecule is CN=C(NCCC(=O)N(C)Cc1ccccc1Br)NC(C)c1ccccc1. The Hall–Kier alpha value is -2.34. The van der Waals surface area contributed by atoms with Crippen LogP contribution in [0.1, 0.15) is 30.5 Å². The summed E-state index contributed by atoms with van der Waals surface area (Å²) in [6.07, 6.45) is 0.404. The van der Waals surface area contributed by atoms with E-state index in [0.29, 0.717) is 25.5 Å². The highest BCUT2D eigenvalue weighted by Crippen LogP contribution is 2.17. The van der Waals surface area contributed by atoms with Gasteiger partial charge in [0.1, 0.15) is 0 Å². The first kappa shape index (κ1) is 21.0. The van der Waals surface area contributed by atoms with Crippen LogP contribution in [0.3, 0.4) is 0 Å². The summed E-state index contributed by atoms with van der Waals surface area (Å²) in [5.74, 6) is 0.775. The van der Waals surface area contributed by atoms with Crippen molar-refractivity contribution in [2.45, 2.75) is 25.9 Å². The van der Waals surface area contributed by atoms with Gasteiger partial charge in [0.15, 0.2) is 5.96 Å². The molecule has 0 bridgehead atoms. The largest absolute Gasteiger partial charge is 0.356 e. The Morgan fingerprint density at radius 3 is 2.48 bits per heavy atom. The molecule has 0 heterocycles. The van der Waals surface area contributed by atoms with Crippen molar-refractivity contribution in [1.29, 1.82) is 0 Å². The highest BCUT2D eigenvalue weighted by Gasteiger charge is 2.12. The molecule has 0 radical (unpaired) electrons. The van der Waals surface area contributed by atoms with E-state index in [1.165, 1.54) is 5.56 Å². The lowest BCUT2D eigenvalue weighted by atomic mass is 10.1. The van der Waals surface area contributed by atoms with Crippen LogP contribution in [0.25, 0.3) is 0 Å². The minimum atomic E-state index is 0.0878. The number of halogens is 1. The minimum Gasteiger partial charge on any atom is -0.356 e. The number of amides is 1. The van der Waals surface area contributed by atoms with Crippen LogP contribution < -0.4 is 10.6 Å². The predicted octanol–water partition coefficient (Wildman–Crippen LogP) is 3.72. The smallest absolute Gasteiger partial charge is 0.224 e. The van der Waals surface area contributed by atoms with Crippen molar-refractivity contribution in [1.82, 2.24) is 15.5 Å². The number of benzene rings is 2. The number of hydrogen-bond donors (Lipinski definition) is 2. The summed E-state index contributed by atoms with van der Waals surface area (Å²) in [5.41, 5.74) is 2.28. The maximum absolute atomic E-state index is 12.4. The molecular formula is C21H27BrN4O. The van der Waals surface area contributed by atoms with E-state index >= 15 is 0 Å². The molecule has 27 heavy (non-hydrogen) atoms. The first-order valence-electron chi connectivity index (χ1n) is 9.00. The fraction of sp³-hybridized carbons (Fsp3) is 0.333. The molecule has 5 nitrogen and oxygen atoms in total. The van der Waals surface area contributed by atoms with Crippen molar-refractivity contribution in [3.05, 3.63) is 70.2 Å². The van der Waals surface area contributed by atoms with Gasteiger partial charge >= 0.3 is 0 Å². The summed E-state index contributed by atoms with van der Waals surface area (Å²) in [7, 11) is 3.56. The van der Waals surface area contributed by atoms with Crippen LogP contribution in [0.15, 0.2) is 64.1 Å². The molecule has 1 atom stereocenters. The van der Waals surface area contributed by atoms with Crippen LogP contribution in [-0.2, 0) is 11.3 Å². The number of carbonyl (C=O) groups excluding carboxylic acids is 1. The number of carbonyl (C=O) groups is 1. The molecule has 0 saturated heterocycles. The monoisotopic (exact) mass is 430 g/mol. The number of rotatable bonds is 7. The van der Waals surface area contributed by atoms with Crippen molar-refractivity contribution in [3.8, 4) is 0 Å². The third-order valence-corrected chi connectivity index (χ3v) is 5.07. The Morgan fingerprint density at radius 1 is 1.15 bits per heavy atom. The number of hydrogen-bond acceptors (Lipinski definition) is 2. The molecule has 0 fully saturated rings. The van der Waals surface area contributed by atoms with E-state index in [1.807, 2.05) is 49.5 Å². The van der Waals surface area contributed by atoms with Crippen LogP contribution in [0.2, 0.25) is 0 Å². The van der Waals surface area contributed by atoms with Gasteiger partial charge in [0, 0.05) is 38.1 Å². The molecular weight excluding hydrogens is 404 g/mol. The second-order valence-electron chi connectivity index (χ2n) is 6.37. The maximum Gasteiger partial charge on any atom is 0.224 e. The molecule has 2 aromatic rings. The molecule has 6 heteroatoms. The van der Waals surface area contributed by atoms with E-state index < -0.39 is 0 Å². The summed E-state index contributed by atoms with van der Waals surface area (Å²) in [4.78, 5) is 18.4. The highest BCUT2D eigenvalue weighted by molar-refractivity contribution is 9.10. The first-order valence-corrected chi connectivity index (χ1v) is 9.80. The molecule has 0 saturated carbocycles. The number of aliphatic imine (C=N–C) groups is 1. The first-order chi connectivity index (χ1) is 13.0. The highest BCUT2D eigenvalue weighted by atomic mass is 79.9. The molecule has 1 amide bonds. The van der Waals surface area contributed by atoms with Gasteiger partial charge in [0.25, 0.3) is 0 Å². The van der Waals surface area contributed by atoms with Gasteiger partial charge in [-0.2, -0.15) is 0 Å². The van der Waals surface area contributed by atoms with Crippen LogP contribution >= 0.6 is 15.9 Å². The van der Waals surface area contributed by atoms with Gasteiger partial charge in [-0.25, -0.2) is 0 Å². The molecule has 0 aliphatic heterocycles. The third-order valence-electron chi connectivity index (χ3n) is 4.30. The van der Waals surface area contributed by atoms with Gasteiger partial charge in [0.2, 0.25) is 5.91 Å². The van der Waals surface area contributed by atoms with E-state index in [4.69, 9.17) is 0 Å². The summed E-state index contributed by atoms with van der Waals surface area (Å²) >= 11 is 3.52. The number of guanidine groups is 1. The molecule has 2 N–H and O–H groups in total. The van der Waals surface area contributed by atoms with Gasteiger partial charge in [-0.3, -0.25) is 9.79 Å². The van der Waals surface area contributed by atoms with Gasteiger partial charge in [-0.15, -0.1) is 0 Å². The lowest BCUT2D eigenvalue weighted by molar-refractivity contribution is -0.130. The zero-order chi connectivity index (χ0) is 19.6. The molecule has 2 rings (SSSR count). The number of nitrogens with zero attached hydrogens (tertiary/aromatic N) is 2. The minimum absolute atomic E-state index is 0.0878. The predicted molar refractivity (Wildman–Crippen MR) is 115 cm³/mol. The molecule has 144 valence electrons. The van der Waals surface area contributed by atoms with Crippen molar-refractivity contribution >= 4 is 27.8 Å². The fourth-order valence-electron chi connectivity index (χ4n) is 2.67. The van der Waals surface area contributed by atoms with Crippen LogP contribution in [-0.4, -0.2) is 37.4 Å². The molecule has 0 aromatic heterocycles. The fourth-order valence-corrected chi connectivity index (χ4v) is 3.08. The van der Waals surface area contributed by atoms with Crippen LogP contribution in [0.5, 0.6) is 0 Å². The second kappa shape index (κ2) is 10.7. The third kappa shape index (κ3) is 6.71. The summed E-state index contributed by atoms with van der Waals surface area (Å²) < 4.78 is 1.02. The molecule has 0 aliphatic rings. The van der Waals surface area contributed by atoms with Crippen molar-refractivity contribution in [2.75, 3.05) is 20.6 Å². The van der Waals surface area contributed by atoms with Crippen LogP contribution in [0, 0.1) is 0 Å². The van der Waals surface area contributed by atoms with Crippen LogP contribution in [0.4, 0.5) is 0 Å². The average Bonchev–Trinajstić information content (AvgIpc) is 2.69. The molecule has 1 unspecified atom stereocenters. The lowest BCUT2D eigenvalue weighted by Crippen LogP contribution is -2.40. The van der Waals surface area contributed by atoms with Crippen molar-refractivity contribution < 1.29 is 4.79 Å². The number of nitrogens with one attached hydrogen (secondary N) is 2. The zero-order valence-corrected chi connectivity index (χ0v) is 17.7. The molecule has 0 spiro atoms. The van der Waals surface area contributed by atoms with Crippen molar-refractivity contribution in [3.63, 3.8) is 0 Å². The van der Waals surface area contributed by atoms with Gasteiger partial charge in [-0.05, 0) is 24.1 Å². The van der Waals surface area contributed by atoms with E-state index in [1.54, 1.807) is 11.9 Å². The maximum atomic E-state index is 12.4. The second-order valence-corrected chi connectivity index (χ2v) is 7.22. The van der Waals surface area contributed by atoms with Gasteiger partial charge in [0.05, 0.1) is 6.04 Å². The summed E-state index contributed by atoms with van der Waals surface area (Å²) in [6.45, 7) is 3.19. The van der Waals surface area contributed by atoms with E-state index in [0.717, 1.165) is 10.0 Å². The molecule has 2 aromatic carbocycles. The quantitative estimate of drug-likeness (QED) is 0.519. The lowest BCUT2D eigenvalue weighted by Gasteiger charge is -2.20. The Morgan fingerprint density at radius 2 is 1.81 bits per heavy atom. The summed E-state index contributed by atoms with van der Waals surface area (Å²) in [6, 6.07) is 18.3. The Kier molecular flexibility index (Phi) is 8.33. The average molecular weight is 431 g/mol. The Balaban J connectivity index is 1.78. The van der Waals surface area contributed by atoms with Gasteiger partial charge in [-0.1, -0.05) is 64.5 Å². The Labute approximate surface area is 170 Å². The summed E-state index contributed by atoms with van der Waals surface area (Å²) in [5, 5.41) is 6.55. The van der Waals surface area contributed by atoms with E-state index in [9.17, 15) is 4.79 Å². The topological polar surface area (TPSA) is 56.7 Å².